The molecule has 0 spiro atoms. The maximum atomic E-state index is 13.5. The Labute approximate surface area is 119 Å². The summed E-state index contributed by atoms with van der Waals surface area (Å²) in [6, 6.07) is 9.22. The third kappa shape index (κ3) is 2.97. The number of thiocarbonyl (C=S) groups is 1. The van der Waals surface area contributed by atoms with Crippen LogP contribution in [0.1, 0.15) is 15.9 Å². The first kappa shape index (κ1) is 14.1. The summed E-state index contributed by atoms with van der Waals surface area (Å²) < 4.78 is 26.6. The highest BCUT2D eigenvalue weighted by Crippen LogP contribution is 2.17. The van der Waals surface area contributed by atoms with Gasteiger partial charge in [0.05, 0.1) is 11.3 Å². The molecule has 0 unspecified atom stereocenters. The summed E-state index contributed by atoms with van der Waals surface area (Å²) in [6.45, 7) is 0. The van der Waals surface area contributed by atoms with Crippen LogP contribution in [0.3, 0.4) is 0 Å². The topological polar surface area (TPSA) is 55.1 Å². The largest absolute Gasteiger partial charge is 0.389 e. The summed E-state index contributed by atoms with van der Waals surface area (Å²) in [6.07, 6.45) is 0. The molecule has 3 N–H and O–H groups in total. The lowest BCUT2D eigenvalue weighted by atomic mass is 10.1. The number of nitrogens with one attached hydrogen (secondary N) is 1. The number of hydrogen-bond donors (Lipinski definition) is 2. The second-order valence-corrected chi connectivity index (χ2v) is 4.43. The normalized spacial score (nSPS) is 10.1. The Balaban J connectivity index is 2.33. The molecule has 0 heterocycles. The molecule has 3 nitrogen and oxygen atoms in total. The number of halogens is 2. The average Bonchev–Trinajstić information content (AvgIpc) is 2.41. The number of anilines is 1. The van der Waals surface area contributed by atoms with Crippen molar-refractivity contribution in [3.8, 4) is 0 Å². The van der Waals surface area contributed by atoms with Crippen molar-refractivity contribution < 1.29 is 13.6 Å². The molecule has 0 radical (unpaired) electrons. The van der Waals surface area contributed by atoms with Gasteiger partial charge in [-0.05, 0) is 30.3 Å². The van der Waals surface area contributed by atoms with E-state index in [0.717, 1.165) is 18.2 Å². The van der Waals surface area contributed by atoms with E-state index < -0.39 is 17.5 Å². The Hall–Kier alpha value is -2.34. The Morgan fingerprint density at radius 3 is 2.50 bits per heavy atom. The smallest absolute Gasteiger partial charge is 0.258 e. The zero-order valence-electron chi connectivity index (χ0n) is 10.2. The van der Waals surface area contributed by atoms with Crippen molar-refractivity contribution >= 4 is 28.8 Å². The van der Waals surface area contributed by atoms with Crippen molar-refractivity contribution in [3.05, 3.63) is 65.2 Å². The van der Waals surface area contributed by atoms with Crippen LogP contribution in [0, 0.1) is 11.6 Å². The molecular formula is C14H10F2N2OS. The fourth-order valence-corrected chi connectivity index (χ4v) is 1.85. The van der Waals surface area contributed by atoms with Crippen molar-refractivity contribution in [1.29, 1.82) is 0 Å². The predicted molar refractivity (Wildman–Crippen MR) is 76.6 cm³/mol. The van der Waals surface area contributed by atoms with E-state index in [0.29, 0.717) is 11.3 Å². The first-order chi connectivity index (χ1) is 9.49. The highest BCUT2D eigenvalue weighted by Gasteiger charge is 2.15. The van der Waals surface area contributed by atoms with E-state index in [9.17, 15) is 13.6 Å². The summed E-state index contributed by atoms with van der Waals surface area (Å²) in [5.41, 5.74) is 5.94. The van der Waals surface area contributed by atoms with Crippen molar-refractivity contribution in [2.24, 2.45) is 5.73 Å². The van der Waals surface area contributed by atoms with Gasteiger partial charge in [-0.2, -0.15) is 0 Å². The molecule has 0 atom stereocenters. The molecule has 1 amide bonds. The van der Waals surface area contributed by atoms with Crippen LogP contribution in [-0.2, 0) is 0 Å². The lowest BCUT2D eigenvalue weighted by molar-refractivity contribution is 0.102. The van der Waals surface area contributed by atoms with Gasteiger partial charge >= 0.3 is 0 Å². The Morgan fingerprint density at radius 2 is 1.80 bits per heavy atom. The van der Waals surface area contributed by atoms with Crippen LogP contribution in [0.4, 0.5) is 14.5 Å². The van der Waals surface area contributed by atoms with Crippen LogP contribution in [0.2, 0.25) is 0 Å². The summed E-state index contributed by atoms with van der Waals surface area (Å²) in [5, 5.41) is 2.46. The number of benzene rings is 2. The van der Waals surface area contributed by atoms with Gasteiger partial charge < -0.3 is 11.1 Å². The van der Waals surface area contributed by atoms with E-state index in [-0.39, 0.29) is 10.6 Å². The number of carbonyl (C=O) groups is 1. The second kappa shape index (κ2) is 5.75. The zero-order chi connectivity index (χ0) is 14.7. The van der Waals surface area contributed by atoms with E-state index in [2.05, 4.69) is 5.32 Å². The van der Waals surface area contributed by atoms with Gasteiger partial charge in [-0.25, -0.2) is 8.78 Å². The van der Waals surface area contributed by atoms with Gasteiger partial charge in [0.2, 0.25) is 0 Å². The molecule has 0 saturated heterocycles. The Morgan fingerprint density at radius 1 is 1.10 bits per heavy atom. The molecule has 2 aromatic carbocycles. The van der Waals surface area contributed by atoms with Gasteiger partial charge in [-0.3, -0.25) is 4.79 Å². The number of rotatable bonds is 3. The number of hydrogen-bond acceptors (Lipinski definition) is 2. The molecule has 2 rings (SSSR count). The molecular weight excluding hydrogens is 282 g/mol. The van der Waals surface area contributed by atoms with Crippen LogP contribution < -0.4 is 11.1 Å². The van der Waals surface area contributed by atoms with Crippen molar-refractivity contribution in [3.63, 3.8) is 0 Å². The highest BCUT2D eigenvalue weighted by atomic mass is 32.1. The fraction of sp³-hybridized carbons (Fsp3) is 0. The van der Waals surface area contributed by atoms with E-state index in [1.807, 2.05) is 0 Å². The van der Waals surface area contributed by atoms with E-state index >= 15 is 0 Å². The molecule has 0 fully saturated rings. The maximum Gasteiger partial charge on any atom is 0.258 e. The van der Waals surface area contributed by atoms with Crippen LogP contribution in [0.25, 0.3) is 0 Å². The first-order valence-corrected chi connectivity index (χ1v) is 6.05. The number of carbonyl (C=O) groups excluding carboxylic acids is 1. The highest BCUT2D eigenvalue weighted by molar-refractivity contribution is 7.80. The molecule has 0 aliphatic carbocycles. The summed E-state index contributed by atoms with van der Waals surface area (Å²) in [5.74, 6) is -2.28. The van der Waals surface area contributed by atoms with Crippen LogP contribution >= 0.6 is 12.2 Å². The molecule has 0 aromatic heterocycles. The average molecular weight is 292 g/mol. The SMILES string of the molecule is NC(=S)c1ccccc1NC(=O)c1cc(F)ccc1F. The number of amides is 1. The maximum absolute atomic E-state index is 13.5. The lowest BCUT2D eigenvalue weighted by Gasteiger charge is -2.10. The molecule has 102 valence electrons. The van der Waals surface area contributed by atoms with Crippen molar-refractivity contribution in [1.82, 2.24) is 0 Å². The minimum Gasteiger partial charge on any atom is -0.389 e. The lowest BCUT2D eigenvalue weighted by Crippen LogP contribution is -2.18. The first-order valence-electron chi connectivity index (χ1n) is 5.64. The van der Waals surface area contributed by atoms with Gasteiger partial charge in [0.15, 0.2) is 0 Å². The molecule has 2 aromatic rings. The number of para-hydroxylation sites is 1. The summed E-state index contributed by atoms with van der Waals surface area (Å²) >= 11 is 4.86. The minimum absolute atomic E-state index is 0.0978. The van der Waals surface area contributed by atoms with Gasteiger partial charge in [0.25, 0.3) is 5.91 Å². The monoisotopic (exact) mass is 292 g/mol. The van der Waals surface area contributed by atoms with Crippen LogP contribution in [0.5, 0.6) is 0 Å². The van der Waals surface area contributed by atoms with E-state index in [1.54, 1.807) is 24.3 Å². The molecule has 0 bridgehead atoms. The molecule has 0 saturated carbocycles. The summed E-state index contributed by atoms with van der Waals surface area (Å²) in [4.78, 5) is 12.1. The van der Waals surface area contributed by atoms with Gasteiger partial charge in [0, 0.05) is 5.56 Å². The van der Waals surface area contributed by atoms with Crippen LogP contribution in [0.15, 0.2) is 42.5 Å². The zero-order valence-corrected chi connectivity index (χ0v) is 11.0. The van der Waals surface area contributed by atoms with Gasteiger partial charge in [0.1, 0.15) is 16.6 Å². The summed E-state index contributed by atoms with van der Waals surface area (Å²) in [7, 11) is 0. The van der Waals surface area contributed by atoms with Gasteiger partial charge in [-0.15, -0.1) is 0 Å². The third-order valence-corrected chi connectivity index (χ3v) is 2.83. The molecule has 6 heteroatoms. The molecule has 0 aliphatic rings. The second-order valence-electron chi connectivity index (χ2n) is 3.99. The third-order valence-electron chi connectivity index (χ3n) is 2.61. The van der Waals surface area contributed by atoms with Crippen LogP contribution in [-0.4, -0.2) is 10.9 Å². The quantitative estimate of drug-likeness (QED) is 0.855. The number of nitrogens with two attached hydrogens (primary N) is 1. The standard InChI is InChI=1S/C14H10F2N2OS/c15-8-5-6-11(16)10(7-8)14(19)18-12-4-2-1-3-9(12)13(17)20/h1-7H,(H2,17,20)(H,18,19). The molecule has 20 heavy (non-hydrogen) atoms. The minimum atomic E-state index is -0.809. The Kier molecular flexibility index (Phi) is 4.05. The van der Waals surface area contributed by atoms with Crippen molar-refractivity contribution in [2.75, 3.05) is 5.32 Å². The predicted octanol–water partition coefficient (Wildman–Crippen LogP) is 2.85. The van der Waals surface area contributed by atoms with E-state index in [4.69, 9.17) is 18.0 Å². The molecule has 0 aliphatic heterocycles. The van der Waals surface area contributed by atoms with E-state index in [1.165, 1.54) is 0 Å². The fourth-order valence-electron chi connectivity index (χ4n) is 1.67. The Bertz CT molecular complexity index is 689. The van der Waals surface area contributed by atoms with Gasteiger partial charge in [-0.1, -0.05) is 24.4 Å². The van der Waals surface area contributed by atoms with Crippen molar-refractivity contribution in [2.45, 2.75) is 0 Å².